The van der Waals surface area contributed by atoms with Crippen molar-refractivity contribution >= 4 is 23.2 Å². The lowest BCUT2D eigenvalue weighted by Crippen LogP contribution is -2.45. The van der Waals surface area contributed by atoms with Crippen LogP contribution in [0.3, 0.4) is 0 Å². The number of H-pyrrole nitrogens is 2. The summed E-state index contributed by atoms with van der Waals surface area (Å²) in [5.41, 5.74) is 7.29. The van der Waals surface area contributed by atoms with E-state index in [1.807, 2.05) is 19.3 Å². The zero-order valence-corrected chi connectivity index (χ0v) is 27.2. The first-order chi connectivity index (χ1) is 23.2. The summed E-state index contributed by atoms with van der Waals surface area (Å²) in [5.74, 6) is 1.03. The molecule has 13 nitrogen and oxygen atoms in total. The zero-order chi connectivity index (χ0) is 33.4. The van der Waals surface area contributed by atoms with Gasteiger partial charge in [0.25, 0.3) is 0 Å². The zero-order valence-electron chi connectivity index (χ0n) is 27.2. The van der Waals surface area contributed by atoms with E-state index in [4.69, 9.17) is 14.1 Å². The number of rotatable bonds is 10. The maximum atomic E-state index is 12.2. The third-order valence-electron chi connectivity index (χ3n) is 9.22. The second-order valence-electron chi connectivity index (χ2n) is 13.0. The number of ether oxygens (including phenoxy) is 1. The molecule has 0 radical (unpaired) electrons. The molecule has 3 aromatic heterocycles. The van der Waals surface area contributed by atoms with Gasteiger partial charge in [0.2, 0.25) is 0 Å². The average Bonchev–Trinajstić information content (AvgIpc) is 3.91. The van der Waals surface area contributed by atoms with Crippen LogP contribution in [0.5, 0.6) is 0 Å². The van der Waals surface area contributed by atoms with Gasteiger partial charge in [0, 0.05) is 24.1 Å². The topological polar surface area (TPSA) is 183 Å². The van der Waals surface area contributed by atoms with Gasteiger partial charge in [-0.15, -0.1) is 0 Å². The number of carbonyl (C=O) groups is 2. The molecular formula is C35H40N8O5. The van der Waals surface area contributed by atoms with Gasteiger partial charge >= 0.3 is 12.1 Å². The Morgan fingerprint density at radius 2 is 1.67 bits per heavy atom. The highest BCUT2D eigenvalue weighted by Crippen LogP contribution is 2.37. The number of benzene rings is 2. The van der Waals surface area contributed by atoms with Crippen LogP contribution in [0.1, 0.15) is 69.2 Å². The Morgan fingerprint density at radius 1 is 0.958 bits per heavy atom. The van der Waals surface area contributed by atoms with Crippen LogP contribution in [0, 0.1) is 12.8 Å². The Bertz CT molecular complexity index is 1920. The summed E-state index contributed by atoms with van der Waals surface area (Å²) in [6.45, 7) is 6.48. The number of nitrogens with one attached hydrogen (secondary N) is 5. The van der Waals surface area contributed by atoms with E-state index in [0.29, 0.717) is 5.89 Å². The van der Waals surface area contributed by atoms with Crippen LogP contribution in [-0.2, 0) is 9.53 Å². The minimum Gasteiger partial charge on any atom is -0.480 e. The number of aromatic amines is 2. The van der Waals surface area contributed by atoms with Crippen molar-refractivity contribution in [2.75, 3.05) is 13.2 Å². The molecule has 0 bridgehead atoms. The maximum Gasteiger partial charge on any atom is 0.407 e. The normalized spacial score (nSPS) is 20.0. The molecule has 4 unspecified atom stereocenters. The lowest BCUT2D eigenvalue weighted by atomic mass is 9.99. The standard InChI is InChI=1S/C35H40N8O5/c1-18(2)29(34(44)45)43-35(46)47-17-22-10-13-26(40-22)33-37-15-27(41-33)21-8-6-20(7-9-21)23-11-12-24(31-30(23)39-19(3)48-31)28-16-38-32(42-28)25-5-4-14-36-25/h6-9,11-12,15-16,18,22,25-26,29,36,40H,4-5,10,13-14,17H2,1-3H3,(H,37,41)(H,38,42)(H,43,46)(H,44,45). The number of imidazole rings is 2. The summed E-state index contributed by atoms with van der Waals surface area (Å²) in [6, 6.07) is 11.6. The van der Waals surface area contributed by atoms with Crippen molar-refractivity contribution < 1.29 is 23.8 Å². The molecule has 6 N–H and O–H groups in total. The van der Waals surface area contributed by atoms with E-state index in [-0.39, 0.29) is 30.7 Å². The van der Waals surface area contributed by atoms with Gasteiger partial charge in [-0.3, -0.25) is 0 Å². The number of aliphatic carboxylic acids is 1. The van der Waals surface area contributed by atoms with Gasteiger partial charge in [0.1, 0.15) is 29.8 Å². The summed E-state index contributed by atoms with van der Waals surface area (Å²) in [4.78, 5) is 44.5. The number of carbonyl (C=O) groups excluding carboxylic acids is 1. The van der Waals surface area contributed by atoms with E-state index in [2.05, 4.69) is 72.3 Å². The Balaban J connectivity index is 1.01. The first-order valence-corrected chi connectivity index (χ1v) is 16.5. The van der Waals surface area contributed by atoms with Gasteiger partial charge in [-0.1, -0.05) is 44.2 Å². The van der Waals surface area contributed by atoms with Crippen LogP contribution < -0.4 is 16.0 Å². The predicted octanol–water partition coefficient (Wildman–Crippen LogP) is 5.64. The fourth-order valence-electron chi connectivity index (χ4n) is 6.64. The SMILES string of the molecule is Cc1nc2c(-c3ccc(-c4cnc(C5CCC(COC(=O)NC(C(=O)O)C(C)C)N5)[nH]4)cc3)ccc(-c3cnc(C4CCCN4)[nH]3)c2o1. The summed E-state index contributed by atoms with van der Waals surface area (Å²) in [5, 5.41) is 18.7. The molecule has 0 saturated carbocycles. The number of amides is 1. The molecule has 13 heteroatoms. The van der Waals surface area contributed by atoms with Crippen molar-refractivity contribution in [3.63, 3.8) is 0 Å². The molecule has 5 heterocycles. The highest BCUT2D eigenvalue weighted by atomic mass is 16.5. The molecule has 2 fully saturated rings. The van der Waals surface area contributed by atoms with Crippen molar-refractivity contribution in [2.45, 2.75) is 70.6 Å². The molecule has 0 spiro atoms. The summed E-state index contributed by atoms with van der Waals surface area (Å²) < 4.78 is 11.4. The van der Waals surface area contributed by atoms with E-state index in [1.54, 1.807) is 13.8 Å². The summed E-state index contributed by atoms with van der Waals surface area (Å²) in [6.07, 6.45) is 6.81. The highest BCUT2D eigenvalue weighted by Gasteiger charge is 2.29. The van der Waals surface area contributed by atoms with Crippen molar-refractivity contribution in [3.8, 4) is 33.6 Å². The van der Waals surface area contributed by atoms with E-state index in [0.717, 1.165) is 88.6 Å². The molecule has 2 aliphatic heterocycles. The molecule has 250 valence electrons. The lowest BCUT2D eigenvalue weighted by Gasteiger charge is -2.19. The molecule has 4 atom stereocenters. The van der Waals surface area contributed by atoms with Gasteiger partial charge in [-0.05, 0) is 55.3 Å². The third-order valence-corrected chi connectivity index (χ3v) is 9.22. The molecule has 48 heavy (non-hydrogen) atoms. The number of hydrogen-bond donors (Lipinski definition) is 6. The van der Waals surface area contributed by atoms with E-state index in [9.17, 15) is 14.7 Å². The minimum atomic E-state index is -1.09. The van der Waals surface area contributed by atoms with Gasteiger partial charge in [0.15, 0.2) is 11.5 Å². The second-order valence-corrected chi connectivity index (χ2v) is 13.0. The summed E-state index contributed by atoms with van der Waals surface area (Å²) >= 11 is 0. The van der Waals surface area contributed by atoms with Crippen LogP contribution in [0.15, 0.2) is 53.2 Å². The van der Waals surface area contributed by atoms with E-state index in [1.165, 1.54) is 0 Å². The Kier molecular flexibility index (Phi) is 8.71. The van der Waals surface area contributed by atoms with Crippen LogP contribution >= 0.6 is 0 Å². The van der Waals surface area contributed by atoms with Crippen LogP contribution in [-0.4, -0.2) is 67.3 Å². The molecule has 5 aromatic rings. The van der Waals surface area contributed by atoms with Crippen molar-refractivity contribution in [2.24, 2.45) is 5.92 Å². The Labute approximate surface area is 277 Å². The van der Waals surface area contributed by atoms with Crippen LogP contribution in [0.4, 0.5) is 4.79 Å². The first-order valence-electron chi connectivity index (χ1n) is 16.5. The molecule has 2 saturated heterocycles. The molecule has 7 rings (SSSR count). The molecule has 0 aliphatic carbocycles. The highest BCUT2D eigenvalue weighted by molar-refractivity contribution is 5.99. The Hall–Kier alpha value is -5.01. The van der Waals surface area contributed by atoms with Crippen molar-refractivity contribution in [1.29, 1.82) is 0 Å². The summed E-state index contributed by atoms with van der Waals surface area (Å²) in [7, 11) is 0. The number of oxazole rings is 1. The largest absolute Gasteiger partial charge is 0.480 e. The third kappa shape index (κ3) is 6.43. The van der Waals surface area contributed by atoms with Crippen molar-refractivity contribution in [1.82, 2.24) is 40.9 Å². The van der Waals surface area contributed by atoms with Crippen LogP contribution in [0.25, 0.3) is 44.7 Å². The first kappa shape index (κ1) is 31.6. The number of aromatic nitrogens is 5. The quantitative estimate of drug-likeness (QED) is 0.110. The Morgan fingerprint density at radius 3 is 2.40 bits per heavy atom. The fourth-order valence-corrected chi connectivity index (χ4v) is 6.64. The van der Waals surface area contributed by atoms with Gasteiger partial charge < -0.3 is 40.2 Å². The maximum absolute atomic E-state index is 12.2. The van der Waals surface area contributed by atoms with E-state index >= 15 is 0 Å². The molecular weight excluding hydrogens is 612 g/mol. The number of nitrogens with zero attached hydrogens (tertiary/aromatic N) is 3. The molecule has 1 amide bonds. The molecule has 2 aromatic carbocycles. The van der Waals surface area contributed by atoms with Gasteiger partial charge in [-0.2, -0.15) is 0 Å². The number of alkyl carbamates (subject to hydrolysis) is 1. The smallest absolute Gasteiger partial charge is 0.407 e. The minimum absolute atomic E-state index is 0.0142. The second kappa shape index (κ2) is 13.2. The van der Waals surface area contributed by atoms with E-state index < -0.39 is 18.1 Å². The van der Waals surface area contributed by atoms with Gasteiger partial charge in [0.05, 0.1) is 35.9 Å². The fraction of sp³-hybridized carbons (Fsp3) is 0.400. The predicted molar refractivity (Wildman–Crippen MR) is 179 cm³/mol. The number of carboxylic acid groups (broad SMARTS) is 1. The average molecular weight is 653 g/mol. The molecule has 2 aliphatic rings. The number of fused-ring (bicyclic) bond motifs is 1. The van der Waals surface area contributed by atoms with Gasteiger partial charge in [-0.25, -0.2) is 24.5 Å². The lowest BCUT2D eigenvalue weighted by molar-refractivity contribution is -0.140. The monoisotopic (exact) mass is 652 g/mol. The number of hydrogen-bond acceptors (Lipinski definition) is 9. The number of aryl methyl sites for hydroxylation is 1. The van der Waals surface area contributed by atoms with Crippen LogP contribution in [0.2, 0.25) is 0 Å². The van der Waals surface area contributed by atoms with Crippen molar-refractivity contribution in [3.05, 3.63) is 66.3 Å². The number of carboxylic acids is 1.